The van der Waals surface area contributed by atoms with Crippen LogP contribution in [0.2, 0.25) is 5.02 Å². The molecule has 0 radical (unpaired) electrons. The van der Waals surface area contributed by atoms with Gasteiger partial charge in [-0.05, 0) is 45.8 Å². The third-order valence-electron chi connectivity index (χ3n) is 3.33. The topological polar surface area (TPSA) is 49.9 Å². The molecule has 0 aliphatic heterocycles. The summed E-state index contributed by atoms with van der Waals surface area (Å²) >= 11 is 9.43. The first kappa shape index (κ1) is 14.9. The van der Waals surface area contributed by atoms with Crippen LogP contribution in [0.5, 0.6) is 0 Å². The summed E-state index contributed by atoms with van der Waals surface area (Å²) in [4.78, 5) is 25.7. The van der Waals surface area contributed by atoms with Gasteiger partial charge in [-0.1, -0.05) is 23.7 Å². The van der Waals surface area contributed by atoms with E-state index in [1.165, 1.54) is 12.1 Å². The average Bonchev–Trinajstić information content (AvgIpc) is 2.86. The Morgan fingerprint density at radius 3 is 2.55 bits per heavy atom. The highest BCUT2D eigenvalue weighted by Gasteiger charge is 2.19. The van der Waals surface area contributed by atoms with Gasteiger partial charge in [0.25, 0.3) is 0 Å². The lowest BCUT2D eigenvalue weighted by Crippen LogP contribution is -2.02. The van der Waals surface area contributed by atoms with Gasteiger partial charge < -0.3 is 4.98 Å². The number of aromatic amines is 1. The molecular formula is C16H8BrClFNO2. The van der Waals surface area contributed by atoms with E-state index in [1.54, 1.807) is 24.3 Å². The molecule has 0 bridgehead atoms. The van der Waals surface area contributed by atoms with Crippen molar-refractivity contribution < 1.29 is 14.0 Å². The number of H-pyrrole nitrogens is 1. The predicted octanol–water partition coefficient (Wildman–Crippen LogP) is 4.77. The molecule has 0 saturated carbocycles. The third kappa shape index (κ3) is 2.46. The number of carbonyl (C=O) groups excluding carboxylic acids is 2. The Balaban J connectivity index is 2.38. The second kappa shape index (κ2) is 5.66. The van der Waals surface area contributed by atoms with Crippen LogP contribution in [0.1, 0.15) is 10.5 Å². The van der Waals surface area contributed by atoms with Crippen LogP contribution in [0.4, 0.5) is 4.39 Å². The Morgan fingerprint density at radius 1 is 1.23 bits per heavy atom. The first-order chi connectivity index (χ1) is 10.5. The third-order valence-corrected chi connectivity index (χ3v) is 4.52. The van der Waals surface area contributed by atoms with Crippen molar-refractivity contribution in [3.05, 3.63) is 57.4 Å². The van der Waals surface area contributed by atoms with E-state index < -0.39 is 5.78 Å². The quantitative estimate of drug-likeness (QED) is 0.404. The van der Waals surface area contributed by atoms with Crippen molar-refractivity contribution in [1.29, 1.82) is 0 Å². The molecule has 0 aliphatic rings. The van der Waals surface area contributed by atoms with Gasteiger partial charge in [-0.15, -0.1) is 0 Å². The second-order valence-corrected chi connectivity index (χ2v) is 5.94. The Hall–Kier alpha value is -1.98. The maximum atomic E-state index is 13.1. The standard InChI is InChI=1S/C16H8BrClFNO2/c17-11-6-13-10(5-12(11)18)15(16(20-13)14(22)7-21)8-1-3-9(19)4-2-8/h1-7,20H. The van der Waals surface area contributed by atoms with Gasteiger partial charge in [-0.2, -0.15) is 0 Å². The van der Waals surface area contributed by atoms with Crippen LogP contribution in [-0.2, 0) is 4.79 Å². The van der Waals surface area contributed by atoms with Gasteiger partial charge in [0.05, 0.1) is 10.7 Å². The van der Waals surface area contributed by atoms with E-state index in [0.717, 1.165) is 0 Å². The van der Waals surface area contributed by atoms with Crippen LogP contribution in [0, 0.1) is 5.82 Å². The first-order valence-electron chi connectivity index (χ1n) is 6.27. The van der Waals surface area contributed by atoms with Gasteiger partial charge in [0.2, 0.25) is 5.78 Å². The van der Waals surface area contributed by atoms with Crippen LogP contribution < -0.4 is 0 Å². The van der Waals surface area contributed by atoms with E-state index in [9.17, 15) is 14.0 Å². The van der Waals surface area contributed by atoms with Crippen molar-refractivity contribution in [3.8, 4) is 11.1 Å². The molecule has 0 aliphatic carbocycles. The number of nitrogens with one attached hydrogen (secondary N) is 1. The Bertz CT molecular complexity index is 903. The average molecular weight is 381 g/mol. The van der Waals surface area contributed by atoms with Crippen LogP contribution in [0.3, 0.4) is 0 Å². The van der Waals surface area contributed by atoms with Crippen molar-refractivity contribution >= 4 is 50.5 Å². The molecule has 2 aromatic carbocycles. The molecule has 1 N–H and O–H groups in total. The molecular weight excluding hydrogens is 373 g/mol. The van der Waals surface area contributed by atoms with Gasteiger partial charge >= 0.3 is 0 Å². The van der Waals surface area contributed by atoms with Crippen LogP contribution in [0.15, 0.2) is 40.9 Å². The number of hydrogen-bond donors (Lipinski definition) is 1. The molecule has 1 heterocycles. The Morgan fingerprint density at radius 2 is 1.91 bits per heavy atom. The maximum absolute atomic E-state index is 13.1. The van der Waals surface area contributed by atoms with Crippen molar-refractivity contribution in [2.45, 2.75) is 0 Å². The Kier molecular flexibility index (Phi) is 3.85. The van der Waals surface area contributed by atoms with Crippen molar-refractivity contribution in [3.63, 3.8) is 0 Å². The first-order valence-corrected chi connectivity index (χ1v) is 7.44. The SMILES string of the molecule is O=CC(=O)c1[nH]c2cc(Br)c(Cl)cc2c1-c1ccc(F)cc1. The smallest absolute Gasteiger partial charge is 0.242 e. The van der Waals surface area contributed by atoms with Crippen molar-refractivity contribution in [2.24, 2.45) is 0 Å². The summed E-state index contributed by atoms with van der Waals surface area (Å²) in [6.07, 6.45) is 0.244. The lowest BCUT2D eigenvalue weighted by Gasteiger charge is -2.03. The minimum atomic E-state index is -0.678. The maximum Gasteiger partial charge on any atom is 0.242 e. The summed E-state index contributed by atoms with van der Waals surface area (Å²) < 4.78 is 13.8. The zero-order valence-electron chi connectivity index (χ0n) is 11.0. The highest BCUT2D eigenvalue weighted by molar-refractivity contribution is 9.10. The van der Waals surface area contributed by atoms with Gasteiger partial charge in [-0.3, -0.25) is 9.59 Å². The number of hydrogen-bond acceptors (Lipinski definition) is 2. The summed E-state index contributed by atoms with van der Waals surface area (Å²) in [6, 6.07) is 9.11. The fourth-order valence-electron chi connectivity index (χ4n) is 2.35. The van der Waals surface area contributed by atoms with Gasteiger partial charge in [0.1, 0.15) is 5.82 Å². The summed E-state index contributed by atoms with van der Waals surface area (Å²) in [6.45, 7) is 0. The van der Waals surface area contributed by atoms with E-state index >= 15 is 0 Å². The normalized spacial score (nSPS) is 10.9. The second-order valence-electron chi connectivity index (χ2n) is 4.68. The molecule has 0 fully saturated rings. The number of aldehydes is 1. The molecule has 0 atom stereocenters. The summed E-state index contributed by atoms with van der Waals surface area (Å²) in [5.74, 6) is -1.06. The van der Waals surface area contributed by atoms with Crippen LogP contribution in [0.25, 0.3) is 22.0 Å². The number of aromatic nitrogens is 1. The highest BCUT2D eigenvalue weighted by Crippen LogP contribution is 2.37. The zero-order valence-corrected chi connectivity index (χ0v) is 13.3. The summed E-state index contributed by atoms with van der Waals surface area (Å²) in [7, 11) is 0. The van der Waals surface area contributed by atoms with E-state index in [2.05, 4.69) is 20.9 Å². The number of ketones is 1. The lowest BCUT2D eigenvalue weighted by atomic mass is 10.0. The largest absolute Gasteiger partial charge is 0.351 e. The number of carbonyl (C=O) groups is 2. The molecule has 3 aromatic rings. The fraction of sp³-hybridized carbons (Fsp3) is 0. The number of benzene rings is 2. The molecule has 1 aromatic heterocycles. The molecule has 0 amide bonds. The van der Waals surface area contributed by atoms with Crippen LogP contribution in [-0.4, -0.2) is 17.1 Å². The zero-order chi connectivity index (χ0) is 15.9. The minimum Gasteiger partial charge on any atom is -0.351 e. The molecule has 0 saturated heterocycles. The van der Waals surface area contributed by atoms with Crippen LogP contribution >= 0.6 is 27.5 Å². The molecule has 110 valence electrons. The monoisotopic (exact) mass is 379 g/mol. The number of rotatable bonds is 3. The lowest BCUT2D eigenvalue weighted by molar-refractivity contribution is -0.104. The van der Waals surface area contributed by atoms with Gasteiger partial charge in [0, 0.05) is 20.9 Å². The van der Waals surface area contributed by atoms with Crippen molar-refractivity contribution in [1.82, 2.24) is 4.98 Å². The molecule has 3 rings (SSSR count). The molecule has 0 unspecified atom stereocenters. The van der Waals surface area contributed by atoms with Gasteiger partial charge in [-0.25, -0.2) is 4.39 Å². The molecule has 3 nitrogen and oxygen atoms in total. The summed E-state index contributed by atoms with van der Waals surface area (Å²) in [5.41, 5.74) is 1.96. The molecule has 0 spiro atoms. The van der Waals surface area contributed by atoms with E-state index in [0.29, 0.717) is 31.5 Å². The van der Waals surface area contributed by atoms with Crippen molar-refractivity contribution in [2.75, 3.05) is 0 Å². The number of fused-ring (bicyclic) bond motifs is 1. The van der Waals surface area contributed by atoms with E-state index in [-0.39, 0.29) is 17.8 Å². The molecule has 6 heteroatoms. The fourth-order valence-corrected chi connectivity index (χ4v) is 2.86. The Labute approximate surface area is 138 Å². The highest BCUT2D eigenvalue weighted by atomic mass is 79.9. The predicted molar refractivity (Wildman–Crippen MR) is 86.8 cm³/mol. The van der Waals surface area contributed by atoms with Gasteiger partial charge in [0.15, 0.2) is 6.29 Å². The van der Waals surface area contributed by atoms with E-state index in [4.69, 9.17) is 11.6 Å². The minimum absolute atomic E-state index is 0.158. The molecule has 22 heavy (non-hydrogen) atoms. The summed E-state index contributed by atoms with van der Waals surface area (Å²) in [5, 5.41) is 1.16. The van der Waals surface area contributed by atoms with E-state index in [1.807, 2.05) is 0 Å². The number of Topliss-reactive ketones (excluding diaryl/α,β-unsaturated/α-hetero) is 1. The number of halogens is 3.